The Morgan fingerprint density at radius 1 is 1.10 bits per heavy atom. The molecule has 148 valence electrons. The molecule has 2 aromatic carbocycles. The lowest BCUT2D eigenvalue weighted by molar-refractivity contribution is -0.126. The Hall–Kier alpha value is -3.58. The van der Waals surface area contributed by atoms with Crippen LogP contribution in [0.1, 0.15) is 22.3 Å². The van der Waals surface area contributed by atoms with Crippen LogP contribution in [-0.4, -0.2) is 22.0 Å². The minimum Gasteiger partial charge on any atom is -0.464 e. The lowest BCUT2D eigenvalue weighted by atomic mass is 10.1. The lowest BCUT2D eigenvalue weighted by Gasteiger charge is -2.12. The van der Waals surface area contributed by atoms with Crippen molar-refractivity contribution in [1.29, 1.82) is 0 Å². The van der Waals surface area contributed by atoms with E-state index >= 15 is 0 Å². The fourth-order valence-electron chi connectivity index (χ4n) is 3.61. The second-order valence-corrected chi connectivity index (χ2v) is 8.11. The minimum atomic E-state index is -0.394. The molecule has 0 bridgehead atoms. The molecular formula is C23H16N2O4S. The van der Waals surface area contributed by atoms with E-state index in [0.29, 0.717) is 23.6 Å². The Kier molecular flexibility index (Phi) is 4.52. The molecule has 3 heterocycles. The molecule has 0 atom stereocenters. The number of thioether (sulfide) groups is 1. The van der Waals surface area contributed by atoms with Gasteiger partial charge in [-0.1, -0.05) is 30.3 Å². The summed E-state index contributed by atoms with van der Waals surface area (Å²) in [5.41, 5.74) is 4.58. The van der Waals surface area contributed by atoms with Crippen molar-refractivity contribution in [2.45, 2.75) is 13.1 Å². The van der Waals surface area contributed by atoms with Crippen molar-refractivity contribution in [2.75, 3.05) is 0 Å². The smallest absolute Gasteiger partial charge is 0.290 e. The van der Waals surface area contributed by atoms with Crippen molar-refractivity contribution in [3.8, 4) is 0 Å². The van der Waals surface area contributed by atoms with Gasteiger partial charge in [0.2, 0.25) is 5.91 Å². The first-order valence-corrected chi connectivity index (χ1v) is 10.2. The van der Waals surface area contributed by atoms with Gasteiger partial charge in [-0.05, 0) is 52.7 Å². The lowest BCUT2D eigenvalue weighted by Crippen LogP contribution is -2.22. The maximum absolute atomic E-state index is 12.6. The first-order chi connectivity index (χ1) is 14.6. The molecule has 1 saturated heterocycles. The number of carbonyl (C=O) groups excluding carboxylic acids is 3. The van der Waals surface area contributed by atoms with E-state index in [1.165, 1.54) is 11.1 Å². The van der Waals surface area contributed by atoms with Crippen LogP contribution < -0.4 is 5.32 Å². The maximum Gasteiger partial charge on any atom is 0.290 e. The first-order valence-electron chi connectivity index (χ1n) is 9.37. The van der Waals surface area contributed by atoms with Crippen LogP contribution in [0.2, 0.25) is 0 Å². The van der Waals surface area contributed by atoms with E-state index in [-0.39, 0.29) is 11.1 Å². The normalized spacial score (nSPS) is 17.3. The number of benzene rings is 2. The Balaban J connectivity index is 1.37. The van der Waals surface area contributed by atoms with Gasteiger partial charge in [-0.2, -0.15) is 0 Å². The number of nitrogens with zero attached hydrogens (tertiary/aromatic N) is 1. The van der Waals surface area contributed by atoms with E-state index in [9.17, 15) is 14.4 Å². The van der Waals surface area contributed by atoms with Gasteiger partial charge in [0.1, 0.15) is 5.58 Å². The summed E-state index contributed by atoms with van der Waals surface area (Å²) >= 11 is 0.877. The molecular weight excluding hydrogens is 400 g/mol. The van der Waals surface area contributed by atoms with Gasteiger partial charge in [0.15, 0.2) is 0 Å². The van der Waals surface area contributed by atoms with Gasteiger partial charge in [0, 0.05) is 30.1 Å². The number of rotatable bonds is 3. The molecule has 30 heavy (non-hydrogen) atoms. The molecule has 1 aromatic heterocycles. The second-order valence-electron chi connectivity index (χ2n) is 7.10. The van der Waals surface area contributed by atoms with E-state index in [1.807, 2.05) is 36.4 Å². The third-order valence-corrected chi connectivity index (χ3v) is 5.94. The Bertz CT molecular complexity index is 1250. The quantitative estimate of drug-likeness (QED) is 0.644. The van der Waals surface area contributed by atoms with Gasteiger partial charge in [0.25, 0.3) is 11.1 Å². The van der Waals surface area contributed by atoms with Crippen LogP contribution in [0.25, 0.3) is 23.1 Å². The molecule has 0 unspecified atom stereocenters. The van der Waals surface area contributed by atoms with Crippen LogP contribution in [-0.2, 0) is 22.7 Å². The van der Waals surface area contributed by atoms with Crippen molar-refractivity contribution >= 4 is 51.9 Å². The van der Waals surface area contributed by atoms with Gasteiger partial charge in [-0.15, -0.1) is 0 Å². The molecule has 7 heteroatoms. The van der Waals surface area contributed by atoms with Gasteiger partial charge >= 0.3 is 0 Å². The summed E-state index contributed by atoms with van der Waals surface area (Å²) in [6.07, 6.45) is 6.57. The van der Waals surface area contributed by atoms with E-state index in [4.69, 9.17) is 4.42 Å². The van der Waals surface area contributed by atoms with Crippen LogP contribution in [0, 0.1) is 0 Å². The predicted molar refractivity (Wildman–Crippen MR) is 115 cm³/mol. The van der Waals surface area contributed by atoms with E-state index in [0.717, 1.165) is 28.3 Å². The Labute approximate surface area is 176 Å². The van der Waals surface area contributed by atoms with E-state index < -0.39 is 5.91 Å². The number of fused-ring (bicyclic) bond motifs is 2. The molecule has 0 saturated carbocycles. The van der Waals surface area contributed by atoms with Crippen molar-refractivity contribution in [3.05, 3.63) is 82.0 Å². The Morgan fingerprint density at radius 2 is 1.87 bits per heavy atom. The van der Waals surface area contributed by atoms with Crippen LogP contribution in [0.3, 0.4) is 0 Å². The van der Waals surface area contributed by atoms with Gasteiger partial charge in [-0.25, -0.2) is 0 Å². The molecule has 1 fully saturated rings. The monoisotopic (exact) mass is 416 g/mol. The van der Waals surface area contributed by atoms with Gasteiger partial charge in [-0.3, -0.25) is 19.7 Å². The largest absolute Gasteiger partial charge is 0.464 e. The van der Waals surface area contributed by atoms with Gasteiger partial charge in [0.05, 0.1) is 11.2 Å². The topological polar surface area (TPSA) is 79.6 Å². The number of amides is 3. The molecule has 5 rings (SSSR count). The highest BCUT2D eigenvalue weighted by atomic mass is 32.2. The molecule has 2 aliphatic rings. The average Bonchev–Trinajstić information content (AvgIpc) is 3.43. The van der Waals surface area contributed by atoms with E-state index in [2.05, 4.69) is 5.32 Å². The SMILES string of the molecule is O=C1NC(=O)/C(=C\c2ccc3occ(/C=C/C(=O)N4Cc5ccccc5C4)c3c2)S1. The number of furan rings is 1. The van der Waals surface area contributed by atoms with Crippen LogP contribution >= 0.6 is 11.8 Å². The highest BCUT2D eigenvalue weighted by Gasteiger charge is 2.25. The molecule has 6 nitrogen and oxygen atoms in total. The Morgan fingerprint density at radius 3 is 2.57 bits per heavy atom. The van der Waals surface area contributed by atoms with Crippen molar-refractivity contribution in [3.63, 3.8) is 0 Å². The molecule has 3 amide bonds. The molecule has 0 spiro atoms. The zero-order valence-corrected chi connectivity index (χ0v) is 16.6. The van der Waals surface area contributed by atoms with Crippen molar-refractivity contribution in [2.24, 2.45) is 0 Å². The summed E-state index contributed by atoms with van der Waals surface area (Å²) in [6, 6.07) is 13.5. The van der Waals surface area contributed by atoms with Crippen molar-refractivity contribution < 1.29 is 18.8 Å². The van der Waals surface area contributed by atoms with Crippen molar-refractivity contribution in [1.82, 2.24) is 10.2 Å². The molecule has 3 aromatic rings. The van der Waals surface area contributed by atoms with Crippen LogP contribution in [0.4, 0.5) is 4.79 Å². The highest BCUT2D eigenvalue weighted by Crippen LogP contribution is 2.29. The average molecular weight is 416 g/mol. The number of imide groups is 1. The number of carbonyl (C=O) groups is 3. The summed E-state index contributed by atoms with van der Waals surface area (Å²) in [5.74, 6) is -0.453. The number of hydrogen-bond donors (Lipinski definition) is 1. The van der Waals surface area contributed by atoms with Gasteiger partial charge < -0.3 is 9.32 Å². The van der Waals surface area contributed by atoms with E-state index in [1.54, 1.807) is 35.5 Å². The zero-order valence-electron chi connectivity index (χ0n) is 15.8. The summed E-state index contributed by atoms with van der Waals surface area (Å²) in [6.45, 7) is 1.23. The third-order valence-electron chi connectivity index (χ3n) is 5.13. The summed E-state index contributed by atoms with van der Waals surface area (Å²) < 4.78 is 5.59. The number of nitrogens with one attached hydrogen (secondary N) is 1. The standard InChI is InChI=1S/C23H16N2O4S/c26-21(25-11-15-3-1-2-4-16(15)12-25)8-6-17-13-29-19-7-5-14(9-18(17)19)10-20-22(27)24-23(28)30-20/h1-10,13H,11-12H2,(H,24,27,28)/b8-6+,20-10+. The first kappa shape index (κ1) is 18.4. The zero-order chi connectivity index (χ0) is 20.7. The van der Waals surface area contributed by atoms with Crippen LogP contribution in [0.5, 0.6) is 0 Å². The third kappa shape index (κ3) is 3.44. The number of hydrogen-bond acceptors (Lipinski definition) is 5. The molecule has 1 N–H and O–H groups in total. The van der Waals surface area contributed by atoms with Crippen LogP contribution in [0.15, 0.2) is 64.1 Å². The second kappa shape index (κ2) is 7.35. The summed E-state index contributed by atoms with van der Waals surface area (Å²) in [7, 11) is 0. The summed E-state index contributed by atoms with van der Waals surface area (Å²) in [5, 5.41) is 2.70. The highest BCUT2D eigenvalue weighted by molar-refractivity contribution is 8.18. The maximum atomic E-state index is 12.6. The molecule has 0 radical (unpaired) electrons. The molecule has 0 aliphatic carbocycles. The fraction of sp³-hybridized carbons (Fsp3) is 0.0870. The fourth-order valence-corrected chi connectivity index (χ4v) is 4.30. The predicted octanol–water partition coefficient (Wildman–Crippen LogP) is 4.31. The minimum absolute atomic E-state index is 0.0589. The summed E-state index contributed by atoms with van der Waals surface area (Å²) in [4.78, 5) is 37.9. The molecule has 2 aliphatic heterocycles.